The highest BCUT2D eigenvalue weighted by Gasteiger charge is 2.23. The molecule has 0 aliphatic heterocycles. The molecule has 0 bridgehead atoms. The molecule has 1 amide bonds. The molecule has 1 fully saturated rings. The summed E-state index contributed by atoms with van der Waals surface area (Å²) in [4.78, 5) is 16.1. The van der Waals surface area contributed by atoms with Gasteiger partial charge in [0.2, 0.25) is 5.91 Å². The van der Waals surface area contributed by atoms with E-state index < -0.39 is 0 Å². The standard InChI is InChI=1S/C13H16Cl2N2OS/c1-8(19-10-4-2-3-5-10)13(18)17-12-11(15)6-9(14)7-16-12/h6-8,10H,2-5H2,1H3,(H,16,17,18)/t8-/m1/s1. The van der Waals surface area contributed by atoms with Gasteiger partial charge in [0, 0.05) is 11.4 Å². The second kappa shape index (κ2) is 6.82. The average molecular weight is 319 g/mol. The first-order valence-electron chi connectivity index (χ1n) is 6.33. The maximum absolute atomic E-state index is 12.1. The van der Waals surface area contributed by atoms with Gasteiger partial charge in [-0.05, 0) is 25.8 Å². The number of hydrogen-bond acceptors (Lipinski definition) is 3. The summed E-state index contributed by atoms with van der Waals surface area (Å²) < 4.78 is 0. The van der Waals surface area contributed by atoms with Crippen LogP contribution in [0.2, 0.25) is 10.0 Å². The van der Waals surface area contributed by atoms with Crippen molar-refractivity contribution >= 4 is 46.7 Å². The molecule has 104 valence electrons. The van der Waals surface area contributed by atoms with Crippen molar-refractivity contribution in [1.29, 1.82) is 0 Å². The third-order valence-electron chi connectivity index (χ3n) is 3.12. The largest absolute Gasteiger partial charge is 0.308 e. The lowest BCUT2D eigenvalue weighted by Crippen LogP contribution is -2.24. The van der Waals surface area contributed by atoms with Crippen molar-refractivity contribution in [1.82, 2.24) is 4.98 Å². The number of anilines is 1. The fraction of sp³-hybridized carbons (Fsp3) is 0.538. The maximum Gasteiger partial charge on any atom is 0.238 e. The van der Waals surface area contributed by atoms with Crippen molar-refractivity contribution < 1.29 is 4.79 Å². The molecule has 1 atom stereocenters. The van der Waals surface area contributed by atoms with Gasteiger partial charge in [0.05, 0.1) is 15.3 Å². The van der Waals surface area contributed by atoms with E-state index >= 15 is 0 Å². The Bertz CT molecular complexity index is 464. The van der Waals surface area contributed by atoms with Gasteiger partial charge < -0.3 is 5.32 Å². The second-order valence-electron chi connectivity index (χ2n) is 4.66. The third-order valence-corrected chi connectivity index (χ3v) is 5.09. The Morgan fingerprint density at radius 1 is 1.47 bits per heavy atom. The van der Waals surface area contributed by atoms with Gasteiger partial charge in [0.1, 0.15) is 0 Å². The van der Waals surface area contributed by atoms with E-state index in [9.17, 15) is 4.79 Å². The quantitative estimate of drug-likeness (QED) is 0.895. The van der Waals surface area contributed by atoms with Crippen molar-refractivity contribution in [2.24, 2.45) is 0 Å². The van der Waals surface area contributed by atoms with Crippen LogP contribution in [0.5, 0.6) is 0 Å². The Hall–Kier alpha value is -0.450. The molecule has 0 radical (unpaired) electrons. The monoisotopic (exact) mass is 318 g/mol. The van der Waals surface area contributed by atoms with Gasteiger partial charge in [0.25, 0.3) is 0 Å². The number of amides is 1. The highest BCUT2D eigenvalue weighted by Crippen LogP contribution is 2.32. The molecule has 1 saturated carbocycles. The smallest absolute Gasteiger partial charge is 0.238 e. The van der Waals surface area contributed by atoms with E-state index in [0.29, 0.717) is 21.1 Å². The molecule has 2 rings (SSSR count). The lowest BCUT2D eigenvalue weighted by molar-refractivity contribution is -0.115. The number of halogens is 2. The molecule has 1 N–H and O–H groups in total. The molecule has 0 aromatic carbocycles. The van der Waals surface area contributed by atoms with Gasteiger partial charge in [-0.25, -0.2) is 4.98 Å². The van der Waals surface area contributed by atoms with Crippen molar-refractivity contribution in [3.05, 3.63) is 22.3 Å². The number of nitrogens with zero attached hydrogens (tertiary/aromatic N) is 1. The third kappa shape index (κ3) is 4.26. The molecule has 1 aliphatic rings. The first-order valence-corrected chi connectivity index (χ1v) is 8.03. The number of rotatable bonds is 4. The maximum atomic E-state index is 12.1. The summed E-state index contributed by atoms with van der Waals surface area (Å²) in [6.45, 7) is 1.92. The van der Waals surface area contributed by atoms with Gasteiger partial charge in [-0.1, -0.05) is 36.0 Å². The average Bonchev–Trinajstić information content (AvgIpc) is 2.85. The van der Waals surface area contributed by atoms with Crippen LogP contribution in [-0.2, 0) is 4.79 Å². The van der Waals surface area contributed by atoms with Gasteiger partial charge in [0.15, 0.2) is 5.82 Å². The zero-order valence-corrected chi connectivity index (χ0v) is 13.0. The zero-order valence-electron chi connectivity index (χ0n) is 10.7. The number of nitrogens with one attached hydrogen (secondary N) is 1. The molecule has 0 spiro atoms. The number of carbonyl (C=O) groups is 1. The molecular weight excluding hydrogens is 303 g/mol. The Balaban J connectivity index is 1.92. The summed E-state index contributed by atoms with van der Waals surface area (Å²) in [6.07, 6.45) is 6.44. The first kappa shape index (κ1) is 14.9. The van der Waals surface area contributed by atoms with Crippen LogP contribution in [-0.4, -0.2) is 21.4 Å². The molecule has 6 heteroatoms. The molecule has 0 unspecified atom stereocenters. The summed E-state index contributed by atoms with van der Waals surface area (Å²) in [5, 5.41) is 4.07. The summed E-state index contributed by atoms with van der Waals surface area (Å²) in [6, 6.07) is 1.57. The first-order chi connectivity index (χ1) is 9.06. The van der Waals surface area contributed by atoms with Crippen LogP contribution in [0.1, 0.15) is 32.6 Å². The van der Waals surface area contributed by atoms with E-state index in [1.807, 2.05) is 6.92 Å². The molecule has 19 heavy (non-hydrogen) atoms. The lowest BCUT2D eigenvalue weighted by Gasteiger charge is -2.16. The SMILES string of the molecule is C[C@@H](SC1CCCC1)C(=O)Nc1ncc(Cl)cc1Cl. The van der Waals surface area contributed by atoms with Crippen molar-refractivity contribution in [2.75, 3.05) is 5.32 Å². The lowest BCUT2D eigenvalue weighted by atomic mass is 10.4. The summed E-state index contributed by atoms with van der Waals surface area (Å²) in [5.41, 5.74) is 0. The molecule has 1 heterocycles. The molecule has 1 aliphatic carbocycles. The zero-order chi connectivity index (χ0) is 13.8. The Kier molecular flexibility index (Phi) is 5.37. The van der Waals surface area contributed by atoms with Crippen LogP contribution < -0.4 is 5.32 Å². The van der Waals surface area contributed by atoms with Gasteiger partial charge in [-0.2, -0.15) is 0 Å². The van der Waals surface area contributed by atoms with E-state index in [4.69, 9.17) is 23.2 Å². The van der Waals surface area contributed by atoms with Crippen molar-refractivity contribution in [2.45, 2.75) is 43.1 Å². The van der Waals surface area contributed by atoms with E-state index in [1.165, 1.54) is 31.9 Å². The van der Waals surface area contributed by atoms with Crippen LogP contribution >= 0.6 is 35.0 Å². The van der Waals surface area contributed by atoms with E-state index in [1.54, 1.807) is 17.8 Å². The summed E-state index contributed by atoms with van der Waals surface area (Å²) >= 11 is 13.5. The van der Waals surface area contributed by atoms with Crippen LogP contribution in [0.15, 0.2) is 12.3 Å². The van der Waals surface area contributed by atoms with Crippen molar-refractivity contribution in [3.8, 4) is 0 Å². The molecule has 1 aromatic rings. The van der Waals surface area contributed by atoms with Crippen LogP contribution in [0.4, 0.5) is 5.82 Å². The fourth-order valence-corrected chi connectivity index (χ4v) is 3.89. The summed E-state index contributed by atoms with van der Waals surface area (Å²) in [7, 11) is 0. The number of thioether (sulfide) groups is 1. The van der Waals surface area contributed by atoms with E-state index in [2.05, 4.69) is 10.3 Å². The Labute approximate surface area is 127 Å². The van der Waals surface area contributed by atoms with Gasteiger partial charge in [-0.3, -0.25) is 4.79 Å². The number of hydrogen-bond donors (Lipinski definition) is 1. The summed E-state index contributed by atoms with van der Waals surface area (Å²) in [5.74, 6) is 0.309. The van der Waals surface area contributed by atoms with Crippen LogP contribution in [0.25, 0.3) is 0 Å². The minimum atomic E-state index is -0.100. The predicted octanol–water partition coefficient (Wildman–Crippen LogP) is 4.39. The molecule has 1 aromatic heterocycles. The molecule has 0 saturated heterocycles. The Morgan fingerprint density at radius 2 is 2.16 bits per heavy atom. The second-order valence-corrected chi connectivity index (χ2v) is 7.15. The van der Waals surface area contributed by atoms with E-state index in [-0.39, 0.29) is 11.2 Å². The number of pyridine rings is 1. The number of carbonyl (C=O) groups excluding carboxylic acids is 1. The predicted molar refractivity (Wildman–Crippen MR) is 82.2 cm³/mol. The van der Waals surface area contributed by atoms with Gasteiger partial charge in [-0.15, -0.1) is 11.8 Å². The van der Waals surface area contributed by atoms with Crippen molar-refractivity contribution in [3.63, 3.8) is 0 Å². The highest BCUT2D eigenvalue weighted by atomic mass is 35.5. The topological polar surface area (TPSA) is 42.0 Å². The van der Waals surface area contributed by atoms with Crippen LogP contribution in [0.3, 0.4) is 0 Å². The van der Waals surface area contributed by atoms with Gasteiger partial charge >= 0.3 is 0 Å². The fourth-order valence-electron chi connectivity index (χ4n) is 2.10. The Morgan fingerprint density at radius 3 is 2.79 bits per heavy atom. The highest BCUT2D eigenvalue weighted by molar-refractivity contribution is 8.01. The van der Waals surface area contributed by atoms with E-state index in [0.717, 1.165) is 0 Å². The normalized spacial score (nSPS) is 17.4. The molecular formula is C13H16Cl2N2OS. The number of aromatic nitrogens is 1. The van der Waals surface area contributed by atoms with Crippen LogP contribution in [0, 0.1) is 0 Å². The minimum Gasteiger partial charge on any atom is -0.308 e. The molecule has 3 nitrogen and oxygen atoms in total. The minimum absolute atomic E-state index is 0.0615.